The summed E-state index contributed by atoms with van der Waals surface area (Å²) >= 11 is 4.97. The number of nitrogens with zero attached hydrogens (tertiary/aromatic N) is 2. The first kappa shape index (κ1) is 11.1. The minimum atomic E-state index is 0.393. The Kier molecular flexibility index (Phi) is 3.19. The molecule has 0 spiro atoms. The summed E-state index contributed by atoms with van der Waals surface area (Å²) < 4.78 is 1.04. The van der Waals surface area contributed by atoms with Crippen LogP contribution in [0.2, 0.25) is 0 Å². The van der Waals surface area contributed by atoms with Crippen molar-refractivity contribution in [2.75, 3.05) is 5.43 Å². The van der Waals surface area contributed by atoms with Crippen LogP contribution in [-0.4, -0.2) is 4.98 Å². The monoisotopic (exact) mass is 294 g/mol. The van der Waals surface area contributed by atoms with Crippen LogP contribution in [0.15, 0.2) is 28.1 Å². The van der Waals surface area contributed by atoms with Gasteiger partial charge in [0.15, 0.2) is 5.82 Å². The number of hydrogen-bond acceptors (Lipinski definition) is 5. The predicted molar refractivity (Wildman–Crippen MR) is 67.8 cm³/mol. The topological polar surface area (TPSA) is 74.7 Å². The first-order chi connectivity index (χ1) is 7.74. The van der Waals surface area contributed by atoms with Crippen LogP contribution in [0.1, 0.15) is 5.56 Å². The number of nitriles is 1. The van der Waals surface area contributed by atoms with Gasteiger partial charge in [-0.05, 0) is 40.2 Å². The van der Waals surface area contributed by atoms with Crippen molar-refractivity contribution in [3.05, 3.63) is 33.6 Å². The first-order valence-electron chi connectivity index (χ1n) is 4.38. The van der Waals surface area contributed by atoms with Crippen molar-refractivity contribution in [1.29, 1.82) is 5.26 Å². The summed E-state index contributed by atoms with van der Waals surface area (Å²) in [5.74, 6) is 5.70. The number of anilines is 1. The quantitative estimate of drug-likeness (QED) is 0.660. The summed E-state index contributed by atoms with van der Waals surface area (Å²) in [7, 11) is 0. The van der Waals surface area contributed by atoms with Crippen LogP contribution in [0.4, 0.5) is 5.82 Å². The van der Waals surface area contributed by atoms with E-state index in [4.69, 9.17) is 11.1 Å². The van der Waals surface area contributed by atoms with Crippen LogP contribution in [0.3, 0.4) is 0 Å². The van der Waals surface area contributed by atoms with Crippen molar-refractivity contribution < 1.29 is 0 Å². The molecular formula is C10H7BrN4S. The Morgan fingerprint density at radius 3 is 2.75 bits per heavy atom. The van der Waals surface area contributed by atoms with Crippen molar-refractivity contribution in [3.63, 3.8) is 0 Å². The van der Waals surface area contributed by atoms with Crippen molar-refractivity contribution in [2.45, 2.75) is 0 Å². The van der Waals surface area contributed by atoms with Gasteiger partial charge in [-0.2, -0.15) is 5.26 Å². The number of aromatic nitrogens is 1. The lowest BCUT2D eigenvalue weighted by atomic mass is 10.2. The van der Waals surface area contributed by atoms with Gasteiger partial charge in [0.05, 0.1) is 19.9 Å². The van der Waals surface area contributed by atoms with Crippen LogP contribution in [0.25, 0.3) is 10.6 Å². The summed E-state index contributed by atoms with van der Waals surface area (Å²) in [5, 5.41) is 8.82. The van der Waals surface area contributed by atoms with Gasteiger partial charge in [-0.25, -0.2) is 10.8 Å². The third-order valence-electron chi connectivity index (χ3n) is 1.98. The van der Waals surface area contributed by atoms with Gasteiger partial charge in [-0.1, -0.05) is 0 Å². The largest absolute Gasteiger partial charge is 0.307 e. The van der Waals surface area contributed by atoms with E-state index in [1.807, 2.05) is 18.2 Å². The summed E-state index contributed by atoms with van der Waals surface area (Å²) in [6, 6.07) is 9.44. The Morgan fingerprint density at radius 1 is 1.38 bits per heavy atom. The van der Waals surface area contributed by atoms with E-state index in [1.54, 1.807) is 23.5 Å². The van der Waals surface area contributed by atoms with Gasteiger partial charge in [0.2, 0.25) is 0 Å². The molecule has 0 aliphatic rings. The first-order valence-corrected chi connectivity index (χ1v) is 5.99. The summed E-state index contributed by atoms with van der Waals surface area (Å²) in [5.41, 5.74) is 3.65. The molecule has 4 nitrogen and oxygen atoms in total. The molecule has 0 amide bonds. The van der Waals surface area contributed by atoms with Gasteiger partial charge in [-0.3, -0.25) is 0 Å². The molecule has 2 heterocycles. The average Bonchev–Trinajstić information content (AvgIpc) is 2.75. The molecule has 0 unspecified atom stereocenters. The average molecular weight is 295 g/mol. The second kappa shape index (κ2) is 4.61. The van der Waals surface area contributed by atoms with Crippen LogP contribution in [-0.2, 0) is 0 Å². The van der Waals surface area contributed by atoms with Crippen LogP contribution < -0.4 is 11.3 Å². The third-order valence-corrected chi connectivity index (χ3v) is 3.62. The van der Waals surface area contributed by atoms with E-state index in [-0.39, 0.29) is 0 Å². The molecule has 0 fully saturated rings. The van der Waals surface area contributed by atoms with E-state index in [9.17, 15) is 0 Å². The fraction of sp³-hybridized carbons (Fsp3) is 0. The second-order valence-electron chi connectivity index (χ2n) is 2.95. The molecule has 2 aromatic rings. The fourth-order valence-electron chi connectivity index (χ4n) is 1.25. The third kappa shape index (κ3) is 2.07. The molecule has 3 N–H and O–H groups in total. The maximum Gasteiger partial charge on any atom is 0.158 e. The van der Waals surface area contributed by atoms with Crippen molar-refractivity contribution in [3.8, 4) is 16.6 Å². The smallest absolute Gasteiger partial charge is 0.158 e. The maximum atomic E-state index is 8.82. The standard InChI is InChI=1S/C10H7BrN4S/c11-9-4-3-8(16-9)7-2-1-6(5-12)10(14-7)15-13/h1-4H,13H2,(H,14,15). The molecule has 0 saturated carbocycles. The normalized spacial score (nSPS) is 9.81. The van der Waals surface area contributed by atoms with E-state index in [0.29, 0.717) is 11.4 Å². The molecule has 0 atom stereocenters. The van der Waals surface area contributed by atoms with Crippen molar-refractivity contribution >= 4 is 33.1 Å². The number of nitrogen functional groups attached to an aromatic ring is 1. The highest BCUT2D eigenvalue weighted by Gasteiger charge is 2.07. The highest BCUT2D eigenvalue weighted by molar-refractivity contribution is 9.11. The minimum Gasteiger partial charge on any atom is -0.307 e. The lowest BCUT2D eigenvalue weighted by molar-refractivity contribution is 1.22. The zero-order valence-corrected chi connectivity index (χ0v) is 10.5. The minimum absolute atomic E-state index is 0.393. The van der Waals surface area contributed by atoms with Crippen LogP contribution >= 0.6 is 27.3 Å². The molecule has 0 aromatic carbocycles. The lowest BCUT2D eigenvalue weighted by Crippen LogP contribution is -2.10. The molecular weight excluding hydrogens is 288 g/mol. The molecule has 2 rings (SSSR count). The van der Waals surface area contributed by atoms with Gasteiger partial charge in [0.25, 0.3) is 0 Å². The van der Waals surface area contributed by atoms with E-state index >= 15 is 0 Å². The van der Waals surface area contributed by atoms with Gasteiger partial charge < -0.3 is 5.43 Å². The number of hydrazine groups is 1. The van der Waals surface area contributed by atoms with E-state index in [1.165, 1.54) is 0 Å². The Morgan fingerprint density at radius 2 is 2.19 bits per heavy atom. The number of halogens is 1. The van der Waals surface area contributed by atoms with E-state index in [2.05, 4.69) is 26.3 Å². The van der Waals surface area contributed by atoms with Crippen molar-refractivity contribution in [2.24, 2.45) is 5.84 Å². The second-order valence-corrected chi connectivity index (χ2v) is 5.42. The summed E-state index contributed by atoms with van der Waals surface area (Å²) in [6.45, 7) is 0. The lowest BCUT2D eigenvalue weighted by Gasteiger charge is -2.03. The Bertz CT molecular complexity index is 558. The number of hydrogen-bond donors (Lipinski definition) is 2. The number of thiophene rings is 1. The Balaban J connectivity index is 2.48. The Labute approximate surface area is 105 Å². The number of pyridine rings is 1. The fourth-order valence-corrected chi connectivity index (χ4v) is 2.60. The highest BCUT2D eigenvalue weighted by atomic mass is 79.9. The number of nitrogens with two attached hydrogens (primary N) is 1. The molecule has 0 radical (unpaired) electrons. The van der Waals surface area contributed by atoms with Crippen LogP contribution in [0.5, 0.6) is 0 Å². The number of nitrogens with one attached hydrogen (secondary N) is 1. The SMILES string of the molecule is N#Cc1ccc(-c2ccc(Br)s2)nc1NN. The molecule has 0 saturated heterocycles. The zero-order chi connectivity index (χ0) is 11.5. The zero-order valence-electron chi connectivity index (χ0n) is 8.07. The maximum absolute atomic E-state index is 8.82. The van der Waals surface area contributed by atoms with Gasteiger partial charge in [0, 0.05) is 0 Å². The van der Waals surface area contributed by atoms with Gasteiger partial charge >= 0.3 is 0 Å². The predicted octanol–water partition coefficient (Wildman–Crippen LogP) is 2.73. The molecule has 0 aliphatic carbocycles. The molecule has 0 aliphatic heterocycles. The summed E-state index contributed by atoms with van der Waals surface area (Å²) in [4.78, 5) is 5.30. The Hall–Kier alpha value is -1.42. The molecule has 6 heteroatoms. The van der Waals surface area contributed by atoms with Crippen molar-refractivity contribution in [1.82, 2.24) is 4.98 Å². The molecule has 0 bridgehead atoms. The van der Waals surface area contributed by atoms with E-state index in [0.717, 1.165) is 14.4 Å². The molecule has 16 heavy (non-hydrogen) atoms. The van der Waals surface area contributed by atoms with Gasteiger partial charge in [-0.15, -0.1) is 11.3 Å². The number of rotatable bonds is 2. The molecule has 2 aromatic heterocycles. The summed E-state index contributed by atoms with van der Waals surface area (Å²) in [6.07, 6.45) is 0. The van der Waals surface area contributed by atoms with Gasteiger partial charge in [0.1, 0.15) is 6.07 Å². The molecule has 80 valence electrons. The van der Waals surface area contributed by atoms with E-state index < -0.39 is 0 Å². The van der Waals surface area contributed by atoms with Crippen LogP contribution in [0, 0.1) is 11.3 Å². The highest BCUT2D eigenvalue weighted by Crippen LogP contribution is 2.31.